The average molecular weight is 304 g/mol. The molecular formula is C19H28O3. The normalized spacial score (nSPS) is 10.4. The van der Waals surface area contributed by atoms with Crippen molar-refractivity contribution in [3.8, 4) is 0 Å². The highest BCUT2D eigenvalue weighted by Crippen LogP contribution is 2.11. The maximum Gasteiger partial charge on any atom is 0.305 e. The number of unbranched alkanes of at least 4 members (excludes halogenated alkanes) is 5. The lowest BCUT2D eigenvalue weighted by atomic mass is 10.0. The summed E-state index contributed by atoms with van der Waals surface area (Å²) < 4.78 is 4.60. The Morgan fingerprint density at radius 1 is 0.818 bits per heavy atom. The number of ketones is 1. The van der Waals surface area contributed by atoms with Crippen LogP contribution < -0.4 is 0 Å². The maximum atomic E-state index is 11.8. The third-order valence-electron chi connectivity index (χ3n) is 3.85. The predicted octanol–water partition coefficient (Wildman–Crippen LogP) is 4.48. The van der Waals surface area contributed by atoms with Crippen LogP contribution in [0.25, 0.3) is 0 Å². The summed E-state index contributed by atoms with van der Waals surface area (Å²) in [5, 5.41) is 0. The van der Waals surface area contributed by atoms with Crippen LogP contribution in [0.4, 0.5) is 0 Å². The van der Waals surface area contributed by atoms with Crippen molar-refractivity contribution in [3.05, 3.63) is 35.9 Å². The fourth-order valence-corrected chi connectivity index (χ4v) is 2.45. The van der Waals surface area contributed by atoms with E-state index in [0.717, 1.165) is 44.9 Å². The molecular weight excluding hydrogens is 276 g/mol. The molecule has 0 aliphatic heterocycles. The third kappa shape index (κ3) is 9.32. The van der Waals surface area contributed by atoms with E-state index in [-0.39, 0.29) is 5.97 Å². The van der Waals surface area contributed by atoms with E-state index in [1.807, 2.05) is 18.2 Å². The largest absolute Gasteiger partial charge is 0.469 e. The minimum atomic E-state index is -0.121. The Morgan fingerprint density at radius 3 is 2.05 bits per heavy atom. The first-order valence-corrected chi connectivity index (χ1v) is 8.35. The molecule has 22 heavy (non-hydrogen) atoms. The lowest BCUT2D eigenvalue weighted by Gasteiger charge is -2.03. The summed E-state index contributed by atoms with van der Waals surface area (Å²) >= 11 is 0. The SMILES string of the molecule is COC(=O)CCCCCCCCC(=O)CCc1ccccc1. The van der Waals surface area contributed by atoms with Gasteiger partial charge in [0.2, 0.25) is 0 Å². The van der Waals surface area contributed by atoms with Crippen molar-refractivity contribution in [1.82, 2.24) is 0 Å². The number of methoxy groups -OCH3 is 1. The van der Waals surface area contributed by atoms with Crippen molar-refractivity contribution in [2.45, 2.75) is 64.2 Å². The summed E-state index contributed by atoms with van der Waals surface area (Å²) in [6, 6.07) is 10.2. The average Bonchev–Trinajstić information content (AvgIpc) is 2.56. The zero-order valence-electron chi connectivity index (χ0n) is 13.7. The van der Waals surface area contributed by atoms with Gasteiger partial charge in [0.25, 0.3) is 0 Å². The van der Waals surface area contributed by atoms with Crippen LogP contribution in [-0.4, -0.2) is 18.9 Å². The van der Waals surface area contributed by atoms with Gasteiger partial charge in [-0.15, -0.1) is 0 Å². The van der Waals surface area contributed by atoms with E-state index in [1.54, 1.807) is 0 Å². The van der Waals surface area contributed by atoms with Crippen LogP contribution in [0.3, 0.4) is 0 Å². The van der Waals surface area contributed by atoms with E-state index >= 15 is 0 Å². The van der Waals surface area contributed by atoms with E-state index in [9.17, 15) is 9.59 Å². The number of ether oxygens (including phenoxy) is 1. The van der Waals surface area contributed by atoms with Gasteiger partial charge < -0.3 is 4.74 Å². The number of hydrogen-bond donors (Lipinski definition) is 0. The number of benzene rings is 1. The first-order chi connectivity index (χ1) is 10.7. The van der Waals surface area contributed by atoms with Crippen LogP contribution >= 0.6 is 0 Å². The van der Waals surface area contributed by atoms with E-state index in [2.05, 4.69) is 16.9 Å². The Hall–Kier alpha value is -1.64. The van der Waals surface area contributed by atoms with Gasteiger partial charge in [-0.3, -0.25) is 9.59 Å². The summed E-state index contributed by atoms with van der Waals surface area (Å²) in [6.07, 6.45) is 9.09. The monoisotopic (exact) mass is 304 g/mol. The van der Waals surface area contributed by atoms with Crippen molar-refractivity contribution < 1.29 is 14.3 Å². The summed E-state index contributed by atoms with van der Waals surface area (Å²) in [6.45, 7) is 0. The molecule has 0 saturated carbocycles. The summed E-state index contributed by atoms with van der Waals surface area (Å²) in [5.41, 5.74) is 1.24. The van der Waals surface area contributed by atoms with Gasteiger partial charge in [-0.1, -0.05) is 56.0 Å². The molecule has 0 atom stereocenters. The van der Waals surface area contributed by atoms with Gasteiger partial charge in [-0.25, -0.2) is 0 Å². The second-order valence-electron chi connectivity index (χ2n) is 5.72. The zero-order chi connectivity index (χ0) is 16.0. The van der Waals surface area contributed by atoms with Crippen LogP contribution in [0.15, 0.2) is 30.3 Å². The van der Waals surface area contributed by atoms with Crippen LogP contribution in [0.5, 0.6) is 0 Å². The minimum Gasteiger partial charge on any atom is -0.469 e. The number of hydrogen-bond acceptors (Lipinski definition) is 3. The van der Waals surface area contributed by atoms with Gasteiger partial charge in [-0.2, -0.15) is 0 Å². The minimum absolute atomic E-state index is 0.121. The molecule has 122 valence electrons. The van der Waals surface area contributed by atoms with Gasteiger partial charge >= 0.3 is 5.97 Å². The first-order valence-electron chi connectivity index (χ1n) is 8.35. The number of carbonyl (C=O) groups is 2. The van der Waals surface area contributed by atoms with E-state index in [0.29, 0.717) is 25.0 Å². The molecule has 3 nitrogen and oxygen atoms in total. The highest BCUT2D eigenvalue weighted by molar-refractivity contribution is 5.78. The van der Waals surface area contributed by atoms with Gasteiger partial charge in [0.15, 0.2) is 0 Å². The quantitative estimate of drug-likeness (QED) is 0.422. The van der Waals surface area contributed by atoms with Crippen LogP contribution in [0.1, 0.15) is 63.4 Å². The van der Waals surface area contributed by atoms with Crippen molar-refractivity contribution in [3.63, 3.8) is 0 Å². The molecule has 0 amide bonds. The third-order valence-corrected chi connectivity index (χ3v) is 3.85. The topological polar surface area (TPSA) is 43.4 Å². The zero-order valence-corrected chi connectivity index (χ0v) is 13.7. The number of carbonyl (C=O) groups excluding carboxylic acids is 2. The smallest absolute Gasteiger partial charge is 0.305 e. The number of rotatable bonds is 12. The standard InChI is InChI=1S/C19H28O3/c1-22-19(21)14-10-5-3-2-4-9-13-18(20)16-15-17-11-7-6-8-12-17/h6-8,11-12H,2-5,9-10,13-16H2,1H3. The Balaban J connectivity index is 1.92. The second-order valence-corrected chi connectivity index (χ2v) is 5.72. The molecule has 1 rings (SSSR count). The molecule has 0 spiro atoms. The molecule has 0 radical (unpaired) electrons. The van der Waals surface area contributed by atoms with Crippen LogP contribution in [-0.2, 0) is 20.7 Å². The molecule has 0 aliphatic rings. The van der Waals surface area contributed by atoms with Crippen LogP contribution in [0.2, 0.25) is 0 Å². The Kier molecular flexibility index (Phi) is 10.0. The summed E-state index contributed by atoms with van der Waals surface area (Å²) in [7, 11) is 1.43. The van der Waals surface area contributed by atoms with Crippen LogP contribution in [0, 0.1) is 0 Å². The molecule has 0 aromatic heterocycles. The van der Waals surface area contributed by atoms with E-state index in [4.69, 9.17) is 0 Å². The fourth-order valence-electron chi connectivity index (χ4n) is 2.45. The summed E-state index contributed by atoms with van der Waals surface area (Å²) in [5.74, 6) is 0.249. The molecule has 0 unspecified atom stereocenters. The number of Topliss-reactive ketones (excluding diaryl/α,β-unsaturated/α-hetero) is 1. The highest BCUT2D eigenvalue weighted by Gasteiger charge is 2.03. The highest BCUT2D eigenvalue weighted by atomic mass is 16.5. The van der Waals surface area contributed by atoms with Crippen molar-refractivity contribution in [1.29, 1.82) is 0 Å². The van der Waals surface area contributed by atoms with Crippen molar-refractivity contribution in [2.75, 3.05) is 7.11 Å². The molecule has 0 N–H and O–H groups in total. The number of esters is 1. The fraction of sp³-hybridized carbons (Fsp3) is 0.579. The summed E-state index contributed by atoms with van der Waals surface area (Å²) in [4.78, 5) is 22.7. The van der Waals surface area contributed by atoms with Gasteiger partial charge in [-0.05, 0) is 24.8 Å². The van der Waals surface area contributed by atoms with Gasteiger partial charge in [0.1, 0.15) is 5.78 Å². The Bertz CT molecular complexity index is 426. The molecule has 0 fully saturated rings. The van der Waals surface area contributed by atoms with Gasteiger partial charge in [0, 0.05) is 19.3 Å². The second kappa shape index (κ2) is 12.0. The van der Waals surface area contributed by atoms with Crippen molar-refractivity contribution in [2.24, 2.45) is 0 Å². The van der Waals surface area contributed by atoms with E-state index in [1.165, 1.54) is 12.7 Å². The molecule has 0 heterocycles. The maximum absolute atomic E-state index is 11.8. The Labute approximate surface area is 134 Å². The predicted molar refractivity (Wildman–Crippen MR) is 88.7 cm³/mol. The van der Waals surface area contributed by atoms with Crippen molar-refractivity contribution >= 4 is 11.8 Å². The molecule has 0 bridgehead atoms. The lowest BCUT2D eigenvalue weighted by Crippen LogP contribution is -2.00. The molecule has 1 aromatic rings. The molecule has 1 aromatic carbocycles. The lowest BCUT2D eigenvalue weighted by molar-refractivity contribution is -0.140. The Morgan fingerprint density at radius 2 is 1.41 bits per heavy atom. The molecule has 3 heteroatoms. The first kappa shape index (κ1) is 18.4. The molecule has 0 saturated heterocycles. The number of aryl methyl sites for hydroxylation is 1. The van der Waals surface area contributed by atoms with Gasteiger partial charge in [0.05, 0.1) is 7.11 Å². The van der Waals surface area contributed by atoms with E-state index < -0.39 is 0 Å². The molecule has 0 aliphatic carbocycles.